The number of aromatic nitrogens is 2. The molecule has 0 aliphatic carbocycles. The Morgan fingerprint density at radius 2 is 1.93 bits per heavy atom. The van der Waals surface area contributed by atoms with Gasteiger partial charge in [-0.1, -0.05) is 42.5 Å². The Morgan fingerprint density at radius 3 is 2.76 bits per heavy atom. The summed E-state index contributed by atoms with van der Waals surface area (Å²) < 4.78 is 2.23. The summed E-state index contributed by atoms with van der Waals surface area (Å²) in [6.07, 6.45) is 5.37. The SMILES string of the molecule is CN=C(NCCCn1cnc2ccccc21)N1CCC(Cc2ccccc2)C1.I. The number of hydrogen-bond donors (Lipinski definition) is 1. The van der Waals surface area contributed by atoms with Crippen molar-refractivity contribution in [3.63, 3.8) is 0 Å². The van der Waals surface area contributed by atoms with E-state index in [1.165, 1.54) is 17.5 Å². The van der Waals surface area contributed by atoms with Gasteiger partial charge in [-0.25, -0.2) is 4.98 Å². The van der Waals surface area contributed by atoms with Crippen LogP contribution in [0.2, 0.25) is 0 Å². The number of nitrogens with one attached hydrogen (secondary N) is 1. The summed E-state index contributed by atoms with van der Waals surface area (Å²) in [6, 6.07) is 19.1. The smallest absolute Gasteiger partial charge is 0.193 e. The van der Waals surface area contributed by atoms with E-state index in [0.717, 1.165) is 50.5 Å². The molecule has 0 saturated carbocycles. The number of fused-ring (bicyclic) bond motifs is 1. The third-order valence-corrected chi connectivity index (χ3v) is 5.55. The number of aliphatic imine (C=N–C) groups is 1. The molecule has 2 heterocycles. The maximum absolute atomic E-state index is 4.51. The Hall–Kier alpha value is -2.09. The third-order valence-electron chi connectivity index (χ3n) is 5.55. The fourth-order valence-electron chi connectivity index (χ4n) is 4.11. The number of rotatable bonds is 6. The summed E-state index contributed by atoms with van der Waals surface area (Å²) in [5, 5.41) is 3.55. The van der Waals surface area contributed by atoms with Crippen molar-refractivity contribution in [1.29, 1.82) is 0 Å². The summed E-state index contributed by atoms with van der Waals surface area (Å²) in [7, 11) is 1.89. The lowest BCUT2D eigenvalue weighted by Gasteiger charge is -2.22. The number of halogens is 1. The molecule has 4 rings (SSSR count). The molecule has 1 aliphatic rings. The molecule has 0 radical (unpaired) electrons. The molecule has 1 N–H and O–H groups in total. The van der Waals surface area contributed by atoms with Crippen LogP contribution in [0.3, 0.4) is 0 Å². The summed E-state index contributed by atoms with van der Waals surface area (Å²) >= 11 is 0. The van der Waals surface area contributed by atoms with Gasteiger partial charge in [-0.3, -0.25) is 4.99 Å². The molecule has 154 valence electrons. The maximum Gasteiger partial charge on any atom is 0.193 e. The Kier molecular flexibility index (Phi) is 7.91. The lowest BCUT2D eigenvalue weighted by Crippen LogP contribution is -2.40. The molecular weight excluding hydrogens is 473 g/mol. The third kappa shape index (κ3) is 5.50. The van der Waals surface area contributed by atoms with Crippen LogP contribution in [0.4, 0.5) is 0 Å². The van der Waals surface area contributed by atoms with Crippen LogP contribution in [0.1, 0.15) is 18.4 Å². The molecule has 0 bridgehead atoms. The maximum atomic E-state index is 4.51. The second-order valence-corrected chi connectivity index (χ2v) is 7.54. The van der Waals surface area contributed by atoms with E-state index in [1.807, 2.05) is 19.4 Å². The summed E-state index contributed by atoms with van der Waals surface area (Å²) in [4.78, 5) is 11.4. The fourth-order valence-corrected chi connectivity index (χ4v) is 4.11. The quantitative estimate of drug-likeness (QED) is 0.238. The zero-order valence-electron chi connectivity index (χ0n) is 17.0. The summed E-state index contributed by atoms with van der Waals surface area (Å²) in [5.74, 6) is 1.74. The van der Waals surface area contributed by atoms with Crippen LogP contribution < -0.4 is 5.32 Å². The number of aryl methyl sites for hydroxylation is 1. The molecule has 1 atom stereocenters. The zero-order valence-corrected chi connectivity index (χ0v) is 19.3. The Labute approximate surface area is 190 Å². The summed E-state index contributed by atoms with van der Waals surface area (Å²) in [5.41, 5.74) is 3.70. The van der Waals surface area contributed by atoms with Crippen LogP contribution >= 0.6 is 24.0 Å². The minimum absolute atomic E-state index is 0. The largest absolute Gasteiger partial charge is 0.356 e. The Bertz CT molecular complexity index is 921. The van der Waals surface area contributed by atoms with E-state index in [-0.39, 0.29) is 24.0 Å². The van der Waals surface area contributed by atoms with Crippen LogP contribution in [0.5, 0.6) is 0 Å². The Morgan fingerprint density at radius 1 is 1.14 bits per heavy atom. The van der Waals surface area contributed by atoms with Crippen molar-refractivity contribution in [2.75, 3.05) is 26.7 Å². The minimum Gasteiger partial charge on any atom is -0.356 e. The van der Waals surface area contributed by atoms with Gasteiger partial charge in [0.2, 0.25) is 0 Å². The zero-order chi connectivity index (χ0) is 19.2. The number of para-hydroxylation sites is 2. The molecular formula is C23H30IN5. The number of imidazole rings is 1. The summed E-state index contributed by atoms with van der Waals surface area (Å²) in [6.45, 7) is 4.05. The normalized spacial score (nSPS) is 16.8. The first kappa shape index (κ1) is 21.6. The predicted molar refractivity (Wildman–Crippen MR) is 131 cm³/mol. The van der Waals surface area contributed by atoms with Crippen LogP contribution in [0, 0.1) is 5.92 Å². The fraction of sp³-hybridized carbons (Fsp3) is 0.391. The average Bonchev–Trinajstić information content (AvgIpc) is 3.36. The number of guanidine groups is 1. The van der Waals surface area contributed by atoms with E-state index in [4.69, 9.17) is 0 Å². The van der Waals surface area contributed by atoms with E-state index < -0.39 is 0 Å². The van der Waals surface area contributed by atoms with Crippen molar-refractivity contribution in [3.8, 4) is 0 Å². The molecule has 5 nitrogen and oxygen atoms in total. The molecule has 1 fully saturated rings. The van der Waals surface area contributed by atoms with E-state index in [1.54, 1.807) is 0 Å². The lowest BCUT2D eigenvalue weighted by atomic mass is 9.99. The van der Waals surface area contributed by atoms with Crippen molar-refractivity contribution in [2.45, 2.75) is 25.8 Å². The highest BCUT2D eigenvalue weighted by Gasteiger charge is 2.24. The molecule has 2 aromatic carbocycles. The second-order valence-electron chi connectivity index (χ2n) is 7.54. The molecule has 3 aromatic rings. The molecule has 1 aromatic heterocycles. The molecule has 0 amide bonds. The molecule has 29 heavy (non-hydrogen) atoms. The first-order chi connectivity index (χ1) is 13.8. The predicted octanol–water partition coefficient (Wildman–Crippen LogP) is 4.18. The van der Waals surface area contributed by atoms with Gasteiger partial charge in [0.05, 0.1) is 17.4 Å². The highest BCUT2D eigenvalue weighted by atomic mass is 127. The van der Waals surface area contributed by atoms with Crippen molar-refractivity contribution < 1.29 is 0 Å². The van der Waals surface area contributed by atoms with E-state index in [2.05, 4.69) is 73.3 Å². The number of likely N-dealkylation sites (tertiary alicyclic amines) is 1. The molecule has 6 heteroatoms. The van der Waals surface area contributed by atoms with E-state index >= 15 is 0 Å². The van der Waals surface area contributed by atoms with Gasteiger partial charge in [0, 0.05) is 33.2 Å². The van der Waals surface area contributed by atoms with Crippen LogP contribution in [0.25, 0.3) is 11.0 Å². The monoisotopic (exact) mass is 503 g/mol. The first-order valence-corrected chi connectivity index (χ1v) is 10.2. The topological polar surface area (TPSA) is 45.5 Å². The van der Waals surface area contributed by atoms with Crippen molar-refractivity contribution in [3.05, 3.63) is 66.5 Å². The van der Waals surface area contributed by atoms with Crippen molar-refractivity contribution >= 4 is 41.0 Å². The van der Waals surface area contributed by atoms with Gasteiger partial charge in [-0.2, -0.15) is 0 Å². The van der Waals surface area contributed by atoms with Crippen molar-refractivity contribution in [1.82, 2.24) is 19.8 Å². The number of benzene rings is 2. The van der Waals surface area contributed by atoms with Crippen LogP contribution in [0.15, 0.2) is 65.9 Å². The van der Waals surface area contributed by atoms with Gasteiger partial charge in [-0.05, 0) is 42.9 Å². The molecule has 1 unspecified atom stereocenters. The molecule has 1 aliphatic heterocycles. The Balaban J connectivity index is 0.00000240. The standard InChI is InChI=1S/C23H29N5.HI/c1-24-23(27-15-12-20(17-27)16-19-8-3-2-4-9-19)25-13-7-14-28-18-26-21-10-5-6-11-22(21)28;/h2-6,8-11,18,20H,7,12-17H2,1H3,(H,24,25);1H. The number of nitrogens with zero attached hydrogens (tertiary/aromatic N) is 4. The van der Waals surface area contributed by atoms with Gasteiger partial charge in [-0.15, -0.1) is 24.0 Å². The van der Waals surface area contributed by atoms with Gasteiger partial charge in [0.1, 0.15) is 0 Å². The van der Waals surface area contributed by atoms with Gasteiger partial charge >= 0.3 is 0 Å². The van der Waals surface area contributed by atoms with Crippen molar-refractivity contribution in [2.24, 2.45) is 10.9 Å². The molecule has 1 saturated heterocycles. The van der Waals surface area contributed by atoms with Gasteiger partial charge in [0.15, 0.2) is 5.96 Å². The molecule has 0 spiro atoms. The van der Waals surface area contributed by atoms with Gasteiger partial charge < -0.3 is 14.8 Å². The van der Waals surface area contributed by atoms with E-state index in [0.29, 0.717) is 5.92 Å². The van der Waals surface area contributed by atoms with Crippen LogP contribution in [-0.2, 0) is 13.0 Å². The van der Waals surface area contributed by atoms with E-state index in [9.17, 15) is 0 Å². The number of hydrogen-bond acceptors (Lipinski definition) is 2. The lowest BCUT2D eigenvalue weighted by molar-refractivity contribution is 0.458. The second kappa shape index (κ2) is 10.6. The van der Waals surface area contributed by atoms with Crippen LogP contribution in [-0.4, -0.2) is 47.1 Å². The van der Waals surface area contributed by atoms with Gasteiger partial charge in [0.25, 0.3) is 0 Å². The highest BCUT2D eigenvalue weighted by molar-refractivity contribution is 14.0. The average molecular weight is 503 g/mol. The first-order valence-electron chi connectivity index (χ1n) is 10.2. The highest BCUT2D eigenvalue weighted by Crippen LogP contribution is 2.21. The minimum atomic E-state index is 0.